The van der Waals surface area contributed by atoms with Gasteiger partial charge in [-0.05, 0) is 19.4 Å². The Morgan fingerprint density at radius 3 is 2.23 bits per heavy atom. The van der Waals surface area contributed by atoms with E-state index >= 15 is 0 Å². The van der Waals surface area contributed by atoms with Gasteiger partial charge in [0.05, 0.1) is 6.10 Å². The van der Waals surface area contributed by atoms with E-state index in [1.807, 2.05) is 0 Å². The van der Waals surface area contributed by atoms with E-state index in [0.29, 0.717) is 13.0 Å². The number of unbranched alkanes of at least 4 members (excludes halogenated alkanes) is 1. The molecular weight excluding hydrogens is 294 g/mol. The summed E-state index contributed by atoms with van der Waals surface area (Å²) >= 11 is 0. The summed E-state index contributed by atoms with van der Waals surface area (Å²) in [4.78, 5) is 32.7. The SMILES string of the molecule is CC(=O)N1C[C@H](O)C[C@H]1C(=O)O.NCCCCC(N)C(=O)O. The van der Waals surface area contributed by atoms with Gasteiger partial charge in [-0.3, -0.25) is 9.59 Å². The minimum absolute atomic E-state index is 0.131. The molecule has 1 rings (SSSR count). The maximum Gasteiger partial charge on any atom is 0.326 e. The van der Waals surface area contributed by atoms with Gasteiger partial charge < -0.3 is 31.7 Å². The number of carboxylic acids is 2. The molecule has 1 unspecified atom stereocenters. The van der Waals surface area contributed by atoms with Gasteiger partial charge in [-0.15, -0.1) is 0 Å². The molecule has 0 aromatic rings. The third-order valence-electron chi connectivity index (χ3n) is 3.25. The third-order valence-corrected chi connectivity index (χ3v) is 3.25. The highest BCUT2D eigenvalue weighted by Crippen LogP contribution is 2.17. The first-order chi connectivity index (χ1) is 10.2. The van der Waals surface area contributed by atoms with Crippen LogP contribution in [-0.2, 0) is 14.4 Å². The van der Waals surface area contributed by atoms with Crippen LogP contribution in [0.25, 0.3) is 0 Å². The largest absolute Gasteiger partial charge is 0.480 e. The number of β-amino-alcohol motifs (C(OH)–C–C–N with tert-alkyl or cyclic N) is 1. The lowest BCUT2D eigenvalue weighted by Gasteiger charge is -2.18. The lowest BCUT2D eigenvalue weighted by Crippen LogP contribution is -2.39. The second kappa shape index (κ2) is 10.1. The van der Waals surface area contributed by atoms with E-state index in [9.17, 15) is 14.4 Å². The van der Waals surface area contributed by atoms with Crippen LogP contribution in [0.1, 0.15) is 32.6 Å². The monoisotopic (exact) mass is 319 g/mol. The summed E-state index contributed by atoms with van der Waals surface area (Å²) in [6.07, 6.45) is 1.60. The molecule has 1 fully saturated rings. The Morgan fingerprint density at radius 2 is 1.86 bits per heavy atom. The number of rotatable bonds is 6. The highest BCUT2D eigenvalue weighted by molar-refractivity contribution is 5.83. The first-order valence-corrected chi connectivity index (χ1v) is 7.07. The lowest BCUT2D eigenvalue weighted by molar-refractivity contribution is -0.147. The van der Waals surface area contributed by atoms with Gasteiger partial charge in [-0.25, -0.2) is 4.79 Å². The molecule has 9 heteroatoms. The van der Waals surface area contributed by atoms with E-state index in [4.69, 9.17) is 26.8 Å². The van der Waals surface area contributed by atoms with Crippen LogP contribution in [-0.4, -0.2) is 69.3 Å². The van der Waals surface area contributed by atoms with Crippen molar-refractivity contribution in [3.05, 3.63) is 0 Å². The summed E-state index contributed by atoms with van der Waals surface area (Å²) in [7, 11) is 0. The third kappa shape index (κ3) is 7.34. The van der Waals surface area contributed by atoms with Gasteiger partial charge in [-0.2, -0.15) is 0 Å². The zero-order valence-corrected chi connectivity index (χ0v) is 12.6. The van der Waals surface area contributed by atoms with Gasteiger partial charge in [-0.1, -0.05) is 6.42 Å². The smallest absolute Gasteiger partial charge is 0.326 e. The normalized spacial score (nSPS) is 21.7. The first-order valence-electron chi connectivity index (χ1n) is 7.07. The van der Waals surface area contributed by atoms with E-state index < -0.39 is 30.1 Å². The van der Waals surface area contributed by atoms with Crippen LogP contribution in [0.15, 0.2) is 0 Å². The molecular formula is C13H25N3O6. The number of hydrogen-bond acceptors (Lipinski definition) is 6. The van der Waals surface area contributed by atoms with Gasteiger partial charge in [0.25, 0.3) is 0 Å². The summed E-state index contributed by atoms with van der Waals surface area (Å²) in [5.74, 6) is -2.29. The maximum atomic E-state index is 10.9. The molecule has 0 saturated carbocycles. The molecule has 0 aromatic heterocycles. The van der Waals surface area contributed by atoms with Crippen LogP contribution in [0.2, 0.25) is 0 Å². The van der Waals surface area contributed by atoms with Crippen LogP contribution >= 0.6 is 0 Å². The van der Waals surface area contributed by atoms with Crippen molar-refractivity contribution in [2.24, 2.45) is 11.5 Å². The molecule has 0 aromatic carbocycles. The number of carboxylic acid groups (broad SMARTS) is 2. The van der Waals surface area contributed by atoms with Crippen LogP contribution in [0.5, 0.6) is 0 Å². The van der Waals surface area contributed by atoms with Crippen LogP contribution in [0.3, 0.4) is 0 Å². The minimum atomic E-state index is -1.05. The molecule has 0 bridgehead atoms. The Kier molecular flexibility index (Phi) is 9.31. The Morgan fingerprint density at radius 1 is 1.27 bits per heavy atom. The number of hydrogen-bond donors (Lipinski definition) is 5. The van der Waals surface area contributed by atoms with Gasteiger partial charge in [0.2, 0.25) is 5.91 Å². The second-order valence-corrected chi connectivity index (χ2v) is 5.14. The lowest BCUT2D eigenvalue weighted by atomic mass is 10.1. The molecule has 7 N–H and O–H groups in total. The summed E-state index contributed by atoms with van der Waals surface area (Å²) < 4.78 is 0. The number of aliphatic hydroxyl groups is 1. The predicted molar refractivity (Wildman–Crippen MR) is 78.0 cm³/mol. The van der Waals surface area contributed by atoms with Crippen LogP contribution < -0.4 is 11.5 Å². The Bertz CT molecular complexity index is 368. The second-order valence-electron chi connectivity index (χ2n) is 5.14. The fourth-order valence-electron chi connectivity index (χ4n) is 2.03. The van der Waals surface area contributed by atoms with Crippen molar-refractivity contribution < 1.29 is 29.7 Å². The standard InChI is InChI=1S/C7H11NO4.C6H14N2O2/c1-4(9)8-3-5(10)2-6(8)7(11)12;7-4-2-1-3-5(8)6(9)10/h5-6,10H,2-3H2,1H3,(H,11,12);5H,1-4,7-8H2,(H,9,10)/t5-,6+;/m1./s1. The number of aliphatic hydroxyl groups excluding tert-OH is 1. The average Bonchev–Trinajstić information content (AvgIpc) is 2.82. The zero-order valence-electron chi connectivity index (χ0n) is 12.6. The van der Waals surface area contributed by atoms with E-state index in [1.54, 1.807) is 0 Å². The molecule has 0 radical (unpaired) electrons. The molecule has 1 heterocycles. The number of carbonyl (C=O) groups excluding carboxylic acids is 1. The van der Waals surface area contributed by atoms with E-state index in [0.717, 1.165) is 12.8 Å². The Hall–Kier alpha value is -1.71. The fourth-order valence-corrected chi connectivity index (χ4v) is 2.03. The van der Waals surface area contributed by atoms with Crippen molar-refractivity contribution in [1.82, 2.24) is 4.90 Å². The van der Waals surface area contributed by atoms with Crippen molar-refractivity contribution in [1.29, 1.82) is 0 Å². The quantitative estimate of drug-likeness (QED) is 0.372. The van der Waals surface area contributed by atoms with Crippen molar-refractivity contribution in [2.75, 3.05) is 13.1 Å². The van der Waals surface area contributed by atoms with Crippen molar-refractivity contribution in [3.8, 4) is 0 Å². The number of nitrogens with zero attached hydrogens (tertiary/aromatic N) is 1. The number of aliphatic carboxylic acids is 2. The number of carbonyl (C=O) groups is 3. The number of nitrogens with two attached hydrogens (primary N) is 2. The Balaban J connectivity index is 0.000000409. The Labute approximate surface area is 128 Å². The summed E-state index contributed by atoms with van der Waals surface area (Å²) in [5, 5.41) is 26.1. The predicted octanol–water partition coefficient (Wildman–Crippen LogP) is -1.42. The molecule has 1 amide bonds. The topological polar surface area (TPSA) is 167 Å². The molecule has 22 heavy (non-hydrogen) atoms. The summed E-state index contributed by atoms with van der Waals surface area (Å²) in [6.45, 7) is 2.03. The van der Waals surface area contributed by atoms with E-state index in [2.05, 4.69) is 0 Å². The van der Waals surface area contributed by atoms with Gasteiger partial charge >= 0.3 is 11.9 Å². The molecule has 3 atom stereocenters. The highest BCUT2D eigenvalue weighted by atomic mass is 16.4. The van der Waals surface area contributed by atoms with Gasteiger partial charge in [0.15, 0.2) is 0 Å². The van der Waals surface area contributed by atoms with Gasteiger partial charge in [0, 0.05) is 19.9 Å². The summed E-state index contributed by atoms with van der Waals surface area (Å²) in [6, 6.07) is -1.57. The van der Waals surface area contributed by atoms with Crippen LogP contribution in [0.4, 0.5) is 0 Å². The van der Waals surface area contributed by atoms with E-state index in [-0.39, 0.29) is 18.9 Å². The van der Waals surface area contributed by atoms with Crippen molar-refractivity contribution in [3.63, 3.8) is 0 Å². The van der Waals surface area contributed by atoms with Crippen molar-refractivity contribution >= 4 is 17.8 Å². The van der Waals surface area contributed by atoms with Crippen molar-refractivity contribution in [2.45, 2.75) is 50.8 Å². The summed E-state index contributed by atoms with van der Waals surface area (Å²) in [5.41, 5.74) is 10.4. The molecule has 0 aliphatic carbocycles. The van der Waals surface area contributed by atoms with Gasteiger partial charge in [0.1, 0.15) is 12.1 Å². The van der Waals surface area contributed by atoms with E-state index in [1.165, 1.54) is 11.8 Å². The fraction of sp³-hybridized carbons (Fsp3) is 0.769. The highest BCUT2D eigenvalue weighted by Gasteiger charge is 2.37. The zero-order chi connectivity index (χ0) is 17.3. The molecule has 9 nitrogen and oxygen atoms in total. The van der Waals surface area contributed by atoms with Crippen LogP contribution in [0, 0.1) is 0 Å². The number of amides is 1. The first kappa shape index (κ1) is 20.3. The molecule has 1 aliphatic rings. The molecule has 1 aliphatic heterocycles. The minimum Gasteiger partial charge on any atom is -0.480 e. The molecule has 0 spiro atoms. The number of likely N-dealkylation sites (tertiary alicyclic amines) is 1. The molecule has 1 saturated heterocycles. The maximum absolute atomic E-state index is 10.9. The average molecular weight is 319 g/mol. The molecule has 128 valence electrons.